The van der Waals surface area contributed by atoms with Crippen LogP contribution in [-0.2, 0) is 33.8 Å². The normalized spacial score (nSPS) is 11.8. The van der Waals surface area contributed by atoms with E-state index in [4.69, 9.17) is 14.8 Å². The van der Waals surface area contributed by atoms with E-state index in [0.717, 1.165) is 5.56 Å². The third-order valence-corrected chi connectivity index (χ3v) is 5.60. The van der Waals surface area contributed by atoms with Gasteiger partial charge in [0.1, 0.15) is 5.94 Å². The van der Waals surface area contributed by atoms with Crippen molar-refractivity contribution in [3.8, 4) is 0 Å². The minimum atomic E-state index is -5.00. The molecular formula is C26H30O5Ti. The molecule has 32 heavy (non-hydrogen) atoms. The van der Waals surface area contributed by atoms with Gasteiger partial charge in [-0.1, -0.05) is 107 Å². The van der Waals surface area contributed by atoms with Gasteiger partial charge in [-0.05, 0) is 27.8 Å². The molecule has 0 bridgehead atoms. The molecule has 0 saturated carbocycles. The van der Waals surface area contributed by atoms with Crippen LogP contribution in [0.25, 0.3) is 6.08 Å². The van der Waals surface area contributed by atoms with Gasteiger partial charge in [-0.2, -0.15) is 0 Å². The molecule has 0 atom stereocenters. The Morgan fingerprint density at radius 1 is 0.688 bits per heavy atom. The van der Waals surface area contributed by atoms with Crippen LogP contribution in [0.3, 0.4) is 0 Å². The molecule has 0 amide bonds. The van der Waals surface area contributed by atoms with Crippen LogP contribution >= 0.6 is 0 Å². The van der Waals surface area contributed by atoms with Crippen molar-refractivity contribution in [2.24, 2.45) is 0 Å². The van der Waals surface area contributed by atoms with E-state index >= 15 is 0 Å². The minimum absolute atomic E-state index is 0.199. The molecule has 0 spiro atoms. The maximum absolute atomic E-state index is 11.2. The Labute approximate surface area is 194 Å². The van der Waals surface area contributed by atoms with E-state index in [2.05, 4.69) is 82.3 Å². The molecule has 3 aromatic carbocycles. The van der Waals surface area contributed by atoms with Crippen LogP contribution in [0, 0.1) is 0 Å². The summed E-state index contributed by atoms with van der Waals surface area (Å²) in [6.07, 6.45) is 1.56. The molecule has 0 aromatic heterocycles. The van der Waals surface area contributed by atoms with E-state index in [1.807, 2.05) is 30.2 Å². The van der Waals surface area contributed by atoms with Crippen LogP contribution in [-0.4, -0.2) is 20.7 Å². The third kappa shape index (κ3) is 6.58. The first-order valence-electron chi connectivity index (χ1n) is 10.2. The molecule has 0 saturated heterocycles. The Morgan fingerprint density at radius 2 is 1.12 bits per heavy atom. The van der Waals surface area contributed by atoms with Gasteiger partial charge in [0, 0.05) is 16.9 Å². The van der Waals surface area contributed by atoms with Crippen LogP contribution in [0.2, 0.25) is 0 Å². The number of carbonyl (C=O) groups excluding carboxylic acids is 1. The molecule has 0 radical (unpaired) electrons. The summed E-state index contributed by atoms with van der Waals surface area (Å²) in [6.45, 7) is 8.95. The molecule has 168 valence electrons. The van der Waals surface area contributed by atoms with Gasteiger partial charge in [0.15, 0.2) is 0 Å². The van der Waals surface area contributed by atoms with Crippen molar-refractivity contribution in [1.82, 2.24) is 0 Å². The van der Waals surface area contributed by atoms with Gasteiger partial charge in [0.2, 0.25) is 0 Å². The van der Waals surface area contributed by atoms with Crippen LogP contribution in [0.15, 0.2) is 78.9 Å². The average Bonchev–Trinajstić information content (AvgIpc) is 2.74. The first kappa shape index (κ1) is 25.9. The fourth-order valence-electron chi connectivity index (χ4n) is 3.98. The van der Waals surface area contributed by atoms with Crippen molar-refractivity contribution < 1.29 is 37.7 Å². The average molecular weight is 470 g/mol. The number of rotatable bonds is 5. The molecule has 3 rings (SSSR count). The summed E-state index contributed by atoms with van der Waals surface area (Å²) in [7, 11) is 0. The monoisotopic (exact) mass is 470 g/mol. The van der Waals surface area contributed by atoms with Crippen molar-refractivity contribution in [2.45, 2.75) is 38.5 Å². The van der Waals surface area contributed by atoms with Crippen molar-refractivity contribution >= 4 is 12.0 Å². The molecule has 0 unspecified atom stereocenters. The molecular weight excluding hydrogens is 440 g/mol. The Balaban J connectivity index is 0.000000654. The fraction of sp³-hybridized carbons (Fsp3) is 0.231. The van der Waals surface area contributed by atoms with E-state index in [0.29, 0.717) is 0 Å². The van der Waals surface area contributed by atoms with E-state index in [-0.39, 0.29) is 10.8 Å². The van der Waals surface area contributed by atoms with E-state index < -0.39 is 18.1 Å². The van der Waals surface area contributed by atoms with Gasteiger partial charge in [-0.15, -0.1) is 0 Å². The second-order valence-corrected chi connectivity index (χ2v) is 10.5. The van der Waals surface area contributed by atoms with Gasteiger partial charge in [-0.3, -0.25) is 0 Å². The summed E-state index contributed by atoms with van der Waals surface area (Å²) in [6, 6.07) is 27.2. The van der Waals surface area contributed by atoms with Gasteiger partial charge >= 0.3 is 32.9 Å². The zero-order valence-corrected chi connectivity index (χ0v) is 20.3. The molecule has 6 heteroatoms. The summed E-state index contributed by atoms with van der Waals surface area (Å²) >= 11 is -5.00. The van der Waals surface area contributed by atoms with Gasteiger partial charge < -0.3 is 0 Å². The van der Waals surface area contributed by atoms with Crippen LogP contribution in [0.4, 0.5) is 0 Å². The molecule has 0 aliphatic rings. The fourth-order valence-corrected chi connectivity index (χ4v) is 3.98. The van der Waals surface area contributed by atoms with Crippen molar-refractivity contribution in [3.05, 3.63) is 107 Å². The Kier molecular flexibility index (Phi) is 8.52. The molecule has 0 heterocycles. The summed E-state index contributed by atoms with van der Waals surface area (Å²) < 4.78 is 29.5. The first-order valence-corrected chi connectivity index (χ1v) is 13.0. The van der Waals surface area contributed by atoms with E-state index in [1.165, 1.54) is 22.3 Å². The van der Waals surface area contributed by atoms with Gasteiger partial charge in [0.05, 0.1) is 0 Å². The predicted octanol–water partition coefficient (Wildman–Crippen LogP) is 3.95. The topological polar surface area (TPSA) is 98.0 Å². The predicted molar refractivity (Wildman–Crippen MR) is 123 cm³/mol. The second kappa shape index (κ2) is 10.5. The van der Waals surface area contributed by atoms with Crippen LogP contribution < -0.4 is 0 Å². The quantitative estimate of drug-likeness (QED) is 0.335. The molecule has 0 fully saturated rings. The summed E-state index contributed by atoms with van der Waals surface area (Å²) in [5.74, 6) is 1.99. The molecule has 0 aliphatic heterocycles. The van der Waals surface area contributed by atoms with Crippen LogP contribution in [0.5, 0.6) is 0 Å². The van der Waals surface area contributed by atoms with Crippen molar-refractivity contribution in [1.29, 1.82) is 0 Å². The second-order valence-electron chi connectivity index (χ2n) is 8.61. The third-order valence-electron chi connectivity index (χ3n) is 5.60. The Morgan fingerprint density at radius 3 is 1.56 bits per heavy atom. The summed E-state index contributed by atoms with van der Waals surface area (Å²) in [4.78, 5) is 11.2. The molecule has 5 nitrogen and oxygen atoms in total. The molecule has 4 N–H and O–H groups in total. The summed E-state index contributed by atoms with van der Waals surface area (Å²) in [5, 5.41) is 0. The van der Waals surface area contributed by atoms with Crippen molar-refractivity contribution in [2.75, 3.05) is 0 Å². The van der Waals surface area contributed by atoms with E-state index in [1.54, 1.807) is 6.08 Å². The zero-order chi connectivity index (χ0) is 24.0. The SMILES string of the molecule is CC(C)(c1ccccc1)c1cccc(C=C=O)c1C(C)(C)c1ccccc1.[OH][Ti]([OH])([OH])[OH]. The first-order chi connectivity index (χ1) is 14.9. The number of hydrogen-bond donors (Lipinski definition) is 4. The van der Waals surface area contributed by atoms with Crippen molar-refractivity contribution in [3.63, 3.8) is 0 Å². The Bertz CT molecular complexity index is 1060. The number of hydrogen-bond acceptors (Lipinski definition) is 5. The molecule has 3 aromatic rings. The summed E-state index contributed by atoms with van der Waals surface area (Å²) in [5.41, 5.74) is 5.35. The van der Waals surface area contributed by atoms with Gasteiger partial charge in [0.25, 0.3) is 0 Å². The Hall–Kier alpha value is -2.34. The van der Waals surface area contributed by atoms with E-state index in [9.17, 15) is 4.79 Å². The van der Waals surface area contributed by atoms with Gasteiger partial charge in [-0.25, -0.2) is 4.79 Å². The zero-order valence-electron chi connectivity index (χ0n) is 18.8. The molecule has 0 aliphatic carbocycles. The number of benzene rings is 3. The van der Waals surface area contributed by atoms with Crippen LogP contribution in [0.1, 0.15) is 55.5 Å². The maximum atomic E-state index is 11.2. The standard InChI is InChI=1S/C26H26O.4H2O.Ti/c1-25(2,21-13-7-5-8-14-21)23-17-11-12-20(18-19-27)24(23)26(3,4)22-15-9-6-10-16-22;;;;;/h5-18H,1-4H3;4*1H2;/q;;;;;+4/p-4.